The molecule has 0 aromatic heterocycles. The summed E-state index contributed by atoms with van der Waals surface area (Å²) < 4.78 is 0. The molecule has 0 aliphatic rings. The van der Waals surface area contributed by atoms with Crippen LogP contribution < -0.4 is 0 Å². The van der Waals surface area contributed by atoms with Crippen molar-refractivity contribution in [2.24, 2.45) is 0 Å². The molecule has 0 aliphatic heterocycles. The lowest BCUT2D eigenvalue weighted by Gasteiger charge is -2.08. The third-order valence-electron chi connectivity index (χ3n) is 6.99. The molecular formula is C40H50. The molecule has 2 atom stereocenters. The predicted octanol–water partition coefficient (Wildman–Crippen LogP) is 12.3. The van der Waals surface area contributed by atoms with Crippen molar-refractivity contribution < 1.29 is 0 Å². The van der Waals surface area contributed by atoms with E-state index < -0.39 is 0 Å². The van der Waals surface area contributed by atoms with Gasteiger partial charge in [-0.1, -0.05) is 182 Å². The van der Waals surface area contributed by atoms with Crippen LogP contribution in [0.15, 0.2) is 129 Å². The quantitative estimate of drug-likeness (QED) is 0.212. The molecule has 0 bridgehead atoms. The van der Waals surface area contributed by atoms with E-state index in [9.17, 15) is 0 Å². The Balaban J connectivity index is 0.000000269. The van der Waals surface area contributed by atoms with E-state index in [0.717, 1.165) is 6.42 Å². The van der Waals surface area contributed by atoms with Gasteiger partial charge in [0.2, 0.25) is 0 Å². The van der Waals surface area contributed by atoms with Crippen LogP contribution in [0.4, 0.5) is 0 Å². The summed E-state index contributed by atoms with van der Waals surface area (Å²) in [4.78, 5) is 0. The first-order valence-electron chi connectivity index (χ1n) is 14.6. The summed E-state index contributed by atoms with van der Waals surface area (Å²) in [5.41, 5.74) is 7.81. The third kappa shape index (κ3) is 13.8. The van der Waals surface area contributed by atoms with Crippen molar-refractivity contribution in [1.82, 2.24) is 0 Å². The van der Waals surface area contributed by atoms with Crippen LogP contribution in [0.1, 0.15) is 92.7 Å². The first-order chi connectivity index (χ1) is 19.4. The standard InChI is InChI=1S/C12H16.C10H14.C10H12.C8H8/c1-4-10(3)12-8-6-11(5-2)7-9-12;1-3-9(2)10-7-5-4-6-8-10;1-3-9-5-7-10(4-2)8-6-9;1-2-8-6-4-3-5-7-8/h5-10H,2,4H2,1,3H3;4-9H,3H2,1-2H3;3,5-8H,1,4H2,2H3;2-7H,1H2. The molecule has 40 heavy (non-hydrogen) atoms. The van der Waals surface area contributed by atoms with E-state index in [-0.39, 0.29) is 0 Å². The lowest BCUT2D eigenvalue weighted by Crippen LogP contribution is -1.90. The Morgan fingerprint density at radius 3 is 1.18 bits per heavy atom. The molecule has 0 aliphatic carbocycles. The maximum atomic E-state index is 3.73. The molecule has 4 rings (SSSR count). The van der Waals surface area contributed by atoms with Gasteiger partial charge >= 0.3 is 0 Å². The lowest BCUT2D eigenvalue weighted by molar-refractivity contribution is 0.733. The summed E-state index contributed by atoms with van der Waals surface area (Å²) in [6, 6.07) is 37.7. The smallest absolute Gasteiger partial charge is 0.0193 e. The van der Waals surface area contributed by atoms with E-state index in [1.165, 1.54) is 46.2 Å². The highest BCUT2D eigenvalue weighted by Gasteiger charge is 2.01. The van der Waals surface area contributed by atoms with Gasteiger partial charge in [-0.25, -0.2) is 0 Å². The molecular weight excluding hydrogens is 480 g/mol. The third-order valence-corrected chi connectivity index (χ3v) is 6.99. The molecule has 0 amide bonds. The Morgan fingerprint density at radius 2 is 0.825 bits per heavy atom. The van der Waals surface area contributed by atoms with Gasteiger partial charge in [0.1, 0.15) is 0 Å². The summed E-state index contributed by atoms with van der Waals surface area (Å²) in [5.74, 6) is 1.38. The average Bonchev–Trinajstić information content (AvgIpc) is 3.05. The van der Waals surface area contributed by atoms with Crippen LogP contribution in [0.2, 0.25) is 0 Å². The predicted molar refractivity (Wildman–Crippen MR) is 183 cm³/mol. The number of hydrogen-bond acceptors (Lipinski definition) is 0. The van der Waals surface area contributed by atoms with Crippen LogP contribution in [0.25, 0.3) is 18.2 Å². The monoisotopic (exact) mass is 530 g/mol. The van der Waals surface area contributed by atoms with E-state index in [2.05, 4.69) is 133 Å². The first kappa shape index (κ1) is 34.1. The summed E-state index contributed by atoms with van der Waals surface area (Å²) in [5, 5.41) is 0. The number of aryl methyl sites for hydroxylation is 1. The second kappa shape index (κ2) is 21.0. The van der Waals surface area contributed by atoms with Gasteiger partial charge in [-0.2, -0.15) is 0 Å². The van der Waals surface area contributed by atoms with Crippen molar-refractivity contribution in [2.75, 3.05) is 0 Å². The molecule has 0 saturated heterocycles. The van der Waals surface area contributed by atoms with E-state index in [1.54, 1.807) is 0 Å². The van der Waals surface area contributed by atoms with Crippen LogP contribution in [0, 0.1) is 0 Å². The maximum absolute atomic E-state index is 3.73. The molecule has 0 radical (unpaired) electrons. The van der Waals surface area contributed by atoms with Crippen molar-refractivity contribution in [1.29, 1.82) is 0 Å². The molecule has 4 aromatic rings. The van der Waals surface area contributed by atoms with Crippen LogP contribution in [-0.2, 0) is 6.42 Å². The van der Waals surface area contributed by atoms with Crippen molar-refractivity contribution in [3.05, 3.63) is 162 Å². The fraction of sp³-hybridized carbons (Fsp3) is 0.250. The Hall–Kier alpha value is -3.90. The van der Waals surface area contributed by atoms with Crippen LogP contribution in [-0.4, -0.2) is 0 Å². The van der Waals surface area contributed by atoms with Crippen LogP contribution in [0.3, 0.4) is 0 Å². The first-order valence-corrected chi connectivity index (χ1v) is 14.6. The molecule has 0 nitrogen and oxygen atoms in total. The minimum absolute atomic E-state index is 0.670. The summed E-state index contributed by atoms with van der Waals surface area (Å²) in [6.45, 7) is 22.1. The Labute approximate surface area is 245 Å². The molecule has 210 valence electrons. The molecule has 0 heterocycles. The van der Waals surface area contributed by atoms with Gasteiger partial charge in [0.15, 0.2) is 0 Å². The molecule has 0 saturated carbocycles. The molecule has 0 N–H and O–H groups in total. The average molecular weight is 531 g/mol. The fourth-order valence-electron chi connectivity index (χ4n) is 3.69. The van der Waals surface area contributed by atoms with Gasteiger partial charge in [-0.3, -0.25) is 0 Å². The lowest BCUT2D eigenvalue weighted by atomic mass is 9.98. The topological polar surface area (TPSA) is 0 Å². The highest BCUT2D eigenvalue weighted by atomic mass is 14.1. The largest absolute Gasteiger partial charge is 0.0985 e. The minimum Gasteiger partial charge on any atom is -0.0985 e. The Morgan fingerprint density at radius 1 is 0.475 bits per heavy atom. The summed E-state index contributed by atoms with van der Waals surface area (Å²) in [7, 11) is 0. The number of benzene rings is 4. The second-order valence-corrected chi connectivity index (χ2v) is 9.81. The van der Waals surface area contributed by atoms with Gasteiger partial charge in [-0.05, 0) is 64.5 Å². The Kier molecular flexibility index (Phi) is 17.9. The van der Waals surface area contributed by atoms with Crippen molar-refractivity contribution in [3.8, 4) is 0 Å². The zero-order valence-electron chi connectivity index (χ0n) is 25.5. The number of rotatable bonds is 8. The van der Waals surface area contributed by atoms with Crippen molar-refractivity contribution in [3.63, 3.8) is 0 Å². The normalized spacial score (nSPS) is 11.0. The molecule has 0 heteroatoms. The number of hydrogen-bond donors (Lipinski definition) is 0. The Bertz CT molecular complexity index is 1180. The van der Waals surface area contributed by atoms with E-state index in [4.69, 9.17) is 0 Å². The molecule has 2 unspecified atom stereocenters. The molecule has 0 spiro atoms. The minimum atomic E-state index is 0.670. The fourth-order valence-corrected chi connectivity index (χ4v) is 3.69. The van der Waals surface area contributed by atoms with E-state index in [1.807, 2.05) is 48.6 Å². The molecule has 0 fully saturated rings. The van der Waals surface area contributed by atoms with Gasteiger partial charge in [0, 0.05) is 0 Å². The zero-order chi connectivity index (χ0) is 29.6. The highest BCUT2D eigenvalue weighted by molar-refractivity contribution is 5.48. The van der Waals surface area contributed by atoms with E-state index >= 15 is 0 Å². The van der Waals surface area contributed by atoms with Gasteiger partial charge in [0.05, 0.1) is 0 Å². The second-order valence-electron chi connectivity index (χ2n) is 9.81. The highest BCUT2D eigenvalue weighted by Crippen LogP contribution is 2.19. The SMILES string of the molecule is C=Cc1ccc(C(C)CC)cc1.C=Cc1ccc(CC)cc1.C=Cc1ccccc1.CCC(C)c1ccccc1. The van der Waals surface area contributed by atoms with Gasteiger partial charge < -0.3 is 0 Å². The van der Waals surface area contributed by atoms with Crippen LogP contribution >= 0.6 is 0 Å². The van der Waals surface area contributed by atoms with Crippen molar-refractivity contribution in [2.45, 2.75) is 65.7 Å². The molecule has 4 aromatic carbocycles. The van der Waals surface area contributed by atoms with Crippen molar-refractivity contribution >= 4 is 18.2 Å². The zero-order valence-corrected chi connectivity index (χ0v) is 25.5. The van der Waals surface area contributed by atoms with Gasteiger partial charge in [-0.15, -0.1) is 0 Å². The van der Waals surface area contributed by atoms with E-state index in [0.29, 0.717) is 11.8 Å². The summed E-state index contributed by atoms with van der Waals surface area (Å²) >= 11 is 0. The maximum Gasteiger partial charge on any atom is -0.0193 e. The summed E-state index contributed by atoms with van der Waals surface area (Å²) in [6.07, 6.45) is 9.11. The van der Waals surface area contributed by atoms with Gasteiger partial charge in [0.25, 0.3) is 0 Å². The van der Waals surface area contributed by atoms with Crippen LogP contribution in [0.5, 0.6) is 0 Å².